The van der Waals surface area contributed by atoms with Crippen molar-refractivity contribution in [1.82, 2.24) is 5.32 Å². The van der Waals surface area contributed by atoms with E-state index in [1.54, 1.807) is 12.1 Å². The van der Waals surface area contributed by atoms with Crippen LogP contribution in [0.1, 0.15) is 30.5 Å². The lowest BCUT2D eigenvalue weighted by molar-refractivity contribution is 0.385. The summed E-state index contributed by atoms with van der Waals surface area (Å²) >= 11 is 0. The summed E-state index contributed by atoms with van der Waals surface area (Å²) in [5.74, 6) is -0.0250. The largest absolute Gasteiger partial charge is 0.494 e. The number of ether oxygens (including phenoxy) is 1. The van der Waals surface area contributed by atoms with Gasteiger partial charge in [-0.25, -0.2) is 4.39 Å². The molecule has 0 amide bonds. The molecule has 2 aromatic carbocycles. The second kappa shape index (κ2) is 7.79. The van der Waals surface area contributed by atoms with Gasteiger partial charge in [-0.2, -0.15) is 0 Å². The van der Waals surface area contributed by atoms with Crippen LogP contribution in [0.2, 0.25) is 0 Å². The first-order chi connectivity index (χ1) is 10.2. The molecule has 0 aliphatic rings. The summed E-state index contributed by atoms with van der Waals surface area (Å²) in [5.41, 5.74) is 2.39. The van der Waals surface area contributed by atoms with E-state index in [1.807, 2.05) is 6.07 Å². The molecule has 0 aromatic heterocycles. The minimum Gasteiger partial charge on any atom is -0.494 e. The maximum atomic E-state index is 13.4. The fraction of sp³-hybridized carbons (Fsp3) is 0.333. The fourth-order valence-corrected chi connectivity index (χ4v) is 2.32. The summed E-state index contributed by atoms with van der Waals surface area (Å²) in [6, 6.07) is 15.6. The van der Waals surface area contributed by atoms with Gasteiger partial charge < -0.3 is 10.1 Å². The van der Waals surface area contributed by atoms with Crippen LogP contribution in [-0.2, 0) is 6.42 Å². The third-order valence-electron chi connectivity index (χ3n) is 3.61. The van der Waals surface area contributed by atoms with Gasteiger partial charge in [0.05, 0.1) is 7.11 Å². The molecule has 0 aliphatic heterocycles. The molecule has 0 aliphatic carbocycles. The number of methoxy groups -OCH3 is 1. The average molecular weight is 287 g/mol. The molecule has 0 bridgehead atoms. The highest BCUT2D eigenvalue weighted by Crippen LogP contribution is 2.22. The molecular weight excluding hydrogens is 265 g/mol. The standard InChI is InChI=1S/C18H22FNO/c1-14(16-10-11-17(19)18(13-16)21-2)20-12-6-9-15-7-4-3-5-8-15/h3-5,7-8,10-11,13-14,20H,6,9,12H2,1-2H3. The maximum Gasteiger partial charge on any atom is 0.165 e. The van der Waals surface area contributed by atoms with Gasteiger partial charge in [0.1, 0.15) is 0 Å². The van der Waals surface area contributed by atoms with Gasteiger partial charge >= 0.3 is 0 Å². The second-order valence-corrected chi connectivity index (χ2v) is 5.16. The first-order valence-electron chi connectivity index (χ1n) is 7.31. The van der Waals surface area contributed by atoms with Gasteiger partial charge in [0.15, 0.2) is 11.6 Å². The Bertz CT molecular complexity index is 556. The molecule has 112 valence electrons. The molecule has 0 spiro atoms. The van der Waals surface area contributed by atoms with E-state index in [9.17, 15) is 4.39 Å². The van der Waals surface area contributed by atoms with Crippen molar-refractivity contribution in [3.8, 4) is 5.75 Å². The molecule has 3 heteroatoms. The number of hydrogen-bond donors (Lipinski definition) is 1. The number of hydrogen-bond acceptors (Lipinski definition) is 2. The lowest BCUT2D eigenvalue weighted by Crippen LogP contribution is -2.20. The monoisotopic (exact) mass is 287 g/mol. The van der Waals surface area contributed by atoms with E-state index in [2.05, 4.69) is 36.5 Å². The Hall–Kier alpha value is -1.87. The van der Waals surface area contributed by atoms with Crippen LogP contribution in [0.3, 0.4) is 0 Å². The van der Waals surface area contributed by atoms with Gasteiger partial charge in [-0.15, -0.1) is 0 Å². The van der Waals surface area contributed by atoms with Gasteiger partial charge in [0.2, 0.25) is 0 Å². The average Bonchev–Trinajstić information content (AvgIpc) is 2.53. The number of nitrogens with one attached hydrogen (secondary N) is 1. The molecule has 0 saturated heterocycles. The third kappa shape index (κ3) is 4.57. The summed E-state index contributed by atoms with van der Waals surface area (Å²) in [6.45, 7) is 3.00. The Balaban J connectivity index is 1.80. The van der Waals surface area contributed by atoms with Crippen molar-refractivity contribution < 1.29 is 9.13 Å². The zero-order chi connectivity index (χ0) is 15.1. The predicted octanol–water partition coefficient (Wildman–Crippen LogP) is 4.12. The molecule has 0 fully saturated rings. The molecule has 2 rings (SSSR count). The van der Waals surface area contributed by atoms with Crippen molar-refractivity contribution in [3.05, 3.63) is 65.5 Å². The topological polar surface area (TPSA) is 21.3 Å². The highest BCUT2D eigenvalue weighted by Gasteiger charge is 2.09. The van der Waals surface area contributed by atoms with Crippen molar-refractivity contribution in [1.29, 1.82) is 0 Å². The van der Waals surface area contributed by atoms with Crippen molar-refractivity contribution in [2.24, 2.45) is 0 Å². The predicted molar refractivity (Wildman–Crippen MR) is 84.1 cm³/mol. The van der Waals surface area contributed by atoms with Gasteiger partial charge in [-0.05, 0) is 49.6 Å². The highest BCUT2D eigenvalue weighted by atomic mass is 19.1. The first-order valence-corrected chi connectivity index (χ1v) is 7.31. The van der Waals surface area contributed by atoms with Crippen LogP contribution in [0.5, 0.6) is 5.75 Å². The zero-order valence-electron chi connectivity index (χ0n) is 12.6. The van der Waals surface area contributed by atoms with E-state index in [4.69, 9.17) is 4.74 Å². The van der Waals surface area contributed by atoms with E-state index >= 15 is 0 Å². The Kier molecular flexibility index (Phi) is 5.76. The summed E-state index contributed by atoms with van der Waals surface area (Å²) in [6.07, 6.45) is 2.14. The maximum absolute atomic E-state index is 13.4. The first kappa shape index (κ1) is 15.5. The molecular formula is C18H22FNO. The summed E-state index contributed by atoms with van der Waals surface area (Å²) in [7, 11) is 1.49. The van der Waals surface area contributed by atoms with Gasteiger partial charge in [-0.1, -0.05) is 36.4 Å². The number of halogens is 1. The SMILES string of the molecule is COc1cc(C(C)NCCCc2ccccc2)ccc1F. The quantitative estimate of drug-likeness (QED) is 0.774. The van der Waals surface area contributed by atoms with Gasteiger partial charge in [-0.3, -0.25) is 0 Å². The number of rotatable bonds is 7. The lowest BCUT2D eigenvalue weighted by atomic mass is 10.1. The Morgan fingerprint density at radius 2 is 1.90 bits per heavy atom. The van der Waals surface area contributed by atoms with E-state index in [1.165, 1.54) is 18.7 Å². The van der Waals surface area contributed by atoms with E-state index in [0.717, 1.165) is 24.9 Å². The van der Waals surface area contributed by atoms with Crippen LogP contribution in [0.25, 0.3) is 0 Å². The third-order valence-corrected chi connectivity index (χ3v) is 3.61. The van der Waals surface area contributed by atoms with E-state index in [0.29, 0.717) is 5.75 Å². The second-order valence-electron chi connectivity index (χ2n) is 5.16. The smallest absolute Gasteiger partial charge is 0.165 e. The summed E-state index contributed by atoms with van der Waals surface area (Å²) in [4.78, 5) is 0. The van der Waals surface area contributed by atoms with Crippen LogP contribution < -0.4 is 10.1 Å². The molecule has 0 radical (unpaired) electrons. The minimum atomic E-state index is -0.322. The van der Waals surface area contributed by atoms with Gasteiger partial charge in [0.25, 0.3) is 0 Å². The molecule has 21 heavy (non-hydrogen) atoms. The Morgan fingerprint density at radius 1 is 1.14 bits per heavy atom. The Labute approximate surface area is 126 Å². The minimum absolute atomic E-state index is 0.176. The fourth-order valence-electron chi connectivity index (χ4n) is 2.32. The number of benzene rings is 2. The van der Waals surface area contributed by atoms with Gasteiger partial charge in [0, 0.05) is 6.04 Å². The van der Waals surface area contributed by atoms with Crippen LogP contribution in [-0.4, -0.2) is 13.7 Å². The van der Waals surface area contributed by atoms with E-state index < -0.39 is 0 Å². The van der Waals surface area contributed by atoms with Crippen molar-refractivity contribution >= 4 is 0 Å². The van der Waals surface area contributed by atoms with Crippen molar-refractivity contribution in [2.75, 3.05) is 13.7 Å². The number of aryl methyl sites for hydroxylation is 1. The Morgan fingerprint density at radius 3 is 2.62 bits per heavy atom. The molecule has 1 unspecified atom stereocenters. The lowest BCUT2D eigenvalue weighted by Gasteiger charge is -2.15. The highest BCUT2D eigenvalue weighted by molar-refractivity contribution is 5.31. The summed E-state index contributed by atoms with van der Waals surface area (Å²) in [5, 5.41) is 3.46. The molecule has 0 saturated carbocycles. The normalized spacial score (nSPS) is 12.1. The molecule has 1 atom stereocenters. The van der Waals surface area contributed by atoms with Crippen LogP contribution >= 0.6 is 0 Å². The summed E-state index contributed by atoms with van der Waals surface area (Å²) < 4.78 is 18.4. The molecule has 0 heterocycles. The molecule has 2 aromatic rings. The van der Waals surface area contributed by atoms with Crippen LogP contribution in [0, 0.1) is 5.82 Å². The zero-order valence-corrected chi connectivity index (χ0v) is 12.6. The van der Waals surface area contributed by atoms with Crippen LogP contribution in [0.4, 0.5) is 4.39 Å². The van der Waals surface area contributed by atoms with Crippen molar-refractivity contribution in [2.45, 2.75) is 25.8 Å². The van der Waals surface area contributed by atoms with E-state index in [-0.39, 0.29) is 11.9 Å². The molecule has 1 N–H and O–H groups in total. The molecule has 2 nitrogen and oxygen atoms in total. The van der Waals surface area contributed by atoms with Crippen LogP contribution in [0.15, 0.2) is 48.5 Å². The van der Waals surface area contributed by atoms with Crippen molar-refractivity contribution in [3.63, 3.8) is 0 Å².